The lowest BCUT2D eigenvalue weighted by molar-refractivity contribution is 0.0602. The lowest BCUT2D eigenvalue weighted by atomic mass is 10.1. The number of para-hydroxylation sites is 1. The molecule has 0 amide bonds. The van der Waals surface area contributed by atoms with E-state index in [0.29, 0.717) is 22.5 Å². The summed E-state index contributed by atoms with van der Waals surface area (Å²) >= 11 is 0. The minimum absolute atomic E-state index is 0.227. The third kappa shape index (κ3) is 2.88. The Morgan fingerprint density at radius 2 is 2.00 bits per heavy atom. The van der Waals surface area contributed by atoms with Gasteiger partial charge in [-0.15, -0.1) is 0 Å². The Balaban J connectivity index is 2.25. The van der Waals surface area contributed by atoms with Crippen molar-refractivity contribution >= 4 is 17.3 Å². The molecule has 2 rings (SSSR count). The summed E-state index contributed by atoms with van der Waals surface area (Å²) in [6, 6.07) is 11.3. The fraction of sp³-hybridized carbons (Fsp3) is 0.133. The smallest absolute Gasteiger partial charge is 0.340 e. The molecule has 2 aromatic rings. The molecule has 2 aromatic carbocycles. The number of nitrogen functional groups attached to an aromatic ring is 1. The SMILES string of the molecule is COC(=O)c1cccc(N)c1NCc1ccccc1F. The quantitative estimate of drug-likeness (QED) is 0.664. The van der Waals surface area contributed by atoms with E-state index in [-0.39, 0.29) is 12.4 Å². The van der Waals surface area contributed by atoms with Crippen LogP contribution in [0, 0.1) is 5.82 Å². The molecule has 0 radical (unpaired) electrons. The van der Waals surface area contributed by atoms with Crippen LogP contribution in [0.2, 0.25) is 0 Å². The van der Waals surface area contributed by atoms with Gasteiger partial charge in [0.25, 0.3) is 0 Å². The van der Waals surface area contributed by atoms with Gasteiger partial charge in [0, 0.05) is 12.1 Å². The van der Waals surface area contributed by atoms with Crippen LogP contribution >= 0.6 is 0 Å². The second kappa shape index (κ2) is 6.06. The monoisotopic (exact) mass is 274 g/mol. The molecule has 20 heavy (non-hydrogen) atoms. The van der Waals surface area contributed by atoms with E-state index in [2.05, 4.69) is 5.32 Å². The minimum atomic E-state index is -0.492. The van der Waals surface area contributed by atoms with Gasteiger partial charge in [0.15, 0.2) is 0 Å². The van der Waals surface area contributed by atoms with Crippen LogP contribution in [0.1, 0.15) is 15.9 Å². The Kier molecular flexibility index (Phi) is 4.20. The van der Waals surface area contributed by atoms with E-state index in [1.54, 1.807) is 36.4 Å². The Labute approximate surface area is 116 Å². The molecular formula is C15H15FN2O2. The maximum Gasteiger partial charge on any atom is 0.340 e. The summed E-state index contributed by atoms with van der Waals surface area (Å²) < 4.78 is 18.3. The number of esters is 1. The number of nitrogens with one attached hydrogen (secondary N) is 1. The Morgan fingerprint density at radius 3 is 2.70 bits per heavy atom. The van der Waals surface area contributed by atoms with Gasteiger partial charge in [-0.25, -0.2) is 9.18 Å². The van der Waals surface area contributed by atoms with Crippen molar-refractivity contribution in [2.24, 2.45) is 0 Å². The summed E-state index contributed by atoms with van der Waals surface area (Å²) in [5.74, 6) is -0.803. The van der Waals surface area contributed by atoms with Crippen molar-refractivity contribution in [3.05, 3.63) is 59.4 Å². The first-order valence-electron chi connectivity index (χ1n) is 6.07. The molecule has 5 heteroatoms. The Hall–Kier alpha value is -2.56. The molecule has 0 aliphatic carbocycles. The number of carbonyl (C=O) groups excluding carboxylic acids is 1. The third-order valence-electron chi connectivity index (χ3n) is 2.92. The topological polar surface area (TPSA) is 64.3 Å². The number of anilines is 2. The second-order valence-corrected chi connectivity index (χ2v) is 4.21. The predicted octanol–water partition coefficient (Wildman–Crippen LogP) is 2.81. The van der Waals surface area contributed by atoms with E-state index in [9.17, 15) is 9.18 Å². The number of hydrogen-bond acceptors (Lipinski definition) is 4. The highest BCUT2D eigenvalue weighted by Crippen LogP contribution is 2.25. The number of rotatable bonds is 4. The first kappa shape index (κ1) is 13.9. The zero-order valence-corrected chi connectivity index (χ0v) is 11.0. The van der Waals surface area contributed by atoms with Gasteiger partial charge < -0.3 is 15.8 Å². The molecular weight excluding hydrogens is 259 g/mol. The van der Waals surface area contributed by atoms with Gasteiger partial charge >= 0.3 is 5.97 Å². The van der Waals surface area contributed by atoms with Crippen LogP contribution < -0.4 is 11.1 Å². The maximum atomic E-state index is 13.6. The minimum Gasteiger partial charge on any atom is -0.465 e. The summed E-state index contributed by atoms with van der Waals surface area (Å²) in [5.41, 5.74) is 7.52. The van der Waals surface area contributed by atoms with Crippen LogP contribution in [-0.2, 0) is 11.3 Å². The van der Waals surface area contributed by atoms with E-state index >= 15 is 0 Å². The number of carbonyl (C=O) groups is 1. The highest BCUT2D eigenvalue weighted by atomic mass is 19.1. The zero-order valence-electron chi connectivity index (χ0n) is 11.0. The summed E-state index contributed by atoms with van der Waals surface area (Å²) in [4.78, 5) is 11.7. The molecule has 0 aliphatic heterocycles. The van der Waals surface area contributed by atoms with Crippen molar-refractivity contribution in [2.75, 3.05) is 18.2 Å². The van der Waals surface area contributed by atoms with Crippen molar-refractivity contribution in [1.82, 2.24) is 0 Å². The molecule has 0 atom stereocenters. The molecule has 0 saturated heterocycles. The summed E-state index contributed by atoms with van der Waals surface area (Å²) in [6.45, 7) is 0.227. The predicted molar refractivity (Wildman–Crippen MR) is 75.9 cm³/mol. The Bertz CT molecular complexity index is 629. The molecule has 0 unspecified atom stereocenters. The largest absolute Gasteiger partial charge is 0.465 e. The third-order valence-corrected chi connectivity index (χ3v) is 2.92. The van der Waals surface area contributed by atoms with E-state index in [1.807, 2.05) is 0 Å². The van der Waals surface area contributed by atoms with Gasteiger partial charge in [-0.05, 0) is 18.2 Å². The van der Waals surface area contributed by atoms with Crippen LogP contribution in [0.4, 0.5) is 15.8 Å². The molecule has 4 nitrogen and oxygen atoms in total. The number of ether oxygens (including phenoxy) is 1. The fourth-order valence-corrected chi connectivity index (χ4v) is 1.87. The van der Waals surface area contributed by atoms with Crippen LogP contribution in [0.15, 0.2) is 42.5 Å². The highest BCUT2D eigenvalue weighted by molar-refractivity contribution is 5.98. The number of halogens is 1. The molecule has 0 heterocycles. The van der Waals surface area contributed by atoms with Crippen LogP contribution in [-0.4, -0.2) is 13.1 Å². The van der Waals surface area contributed by atoms with Crippen molar-refractivity contribution in [3.8, 4) is 0 Å². The average Bonchev–Trinajstić information content (AvgIpc) is 2.46. The van der Waals surface area contributed by atoms with Crippen molar-refractivity contribution in [1.29, 1.82) is 0 Å². The number of benzene rings is 2. The zero-order chi connectivity index (χ0) is 14.5. The molecule has 104 valence electrons. The highest BCUT2D eigenvalue weighted by Gasteiger charge is 2.14. The average molecular weight is 274 g/mol. The number of methoxy groups -OCH3 is 1. The molecule has 0 fully saturated rings. The van der Waals surface area contributed by atoms with E-state index in [0.717, 1.165) is 0 Å². The Morgan fingerprint density at radius 1 is 1.25 bits per heavy atom. The van der Waals surface area contributed by atoms with Crippen LogP contribution in [0.5, 0.6) is 0 Å². The van der Waals surface area contributed by atoms with Crippen molar-refractivity contribution in [2.45, 2.75) is 6.54 Å². The van der Waals surface area contributed by atoms with E-state index in [4.69, 9.17) is 10.5 Å². The fourth-order valence-electron chi connectivity index (χ4n) is 1.87. The first-order chi connectivity index (χ1) is 9.63. The number of nitrogens with two attached hydrogens (primary N) is 1. The first-order valence-corrected chi connectivity index (χ1v) is 6.07. The van der Waals surface area contributed by atoms with Gasteiger partial charge in [-0.2, -0.15) is 0 Å². The van der Waals surface area contributed by atoms with Gasteiger partial charge in [0.05, 0.1) is 24.0 Å². The molecule has 0 bridgehead atoms. The standard InChI is InChI=1S/C15H15FN2O2/c1-20-15(19)11-6-4-8-13(17)14(11)18-9-10-5-2-3-7-12(10)16/h2-8,18H,9,17H2,1H3. The van der Waals surface area contributed by atoms with E-state index < -0.39 is 5.97 Å². The van der Waals surface area contributed by atoms with Gasteiger partial charge in [-0.1, -0.05) is 24.3 Å². The summed E-state index contributed by atoms with van der Waals surface area (Å²) in [5, 5.41) is 2.99. The molecule has 0 spiro atoms. The molecule has 0 aliphatic rings. The molecule has 0 aromatic heterocycles. The summed E-state index contributed by atoms with van der Waals surface area (Å²) in [7, 11) is 1.30. The van der Waals surface area contributed by atoms with Gasteiger partial charge in [-0.3, -0.25) is 0 Å². The van der Waals surface area contributed by atoms with Crippen LogP contribution in [0.3, 0.4) is 0 Å². The van der Waals surface area contributed by atoms with Crippen LogP contribution in [0.25, 0.3) is 0 Å². The lowest BCUT2D eigenvalue weighted by Crippen LogP contribution is -2.11. The van der Waals surface area contributed by atoms with Gasteiger partial charge in [0.2, 0.25) is 0 Å². The molecule has 3 N–H and O–H groups in total. The normalized spacial score (nSPS) is 10.1. The molecule has 0 saturated carbocycles. The summed E-state index contributed by atoms with van der Waals surface area (Å²) in [6.07, 6.45) is 0. The maximum absolute atomic E-state index is 13.6. The lowest BCUT2D eigenvalue weighted by Gasteiger charge is -2.13. The second-order valence-electron chi connectivity index (χ2n) is 4.21. The van der Waals surface area contributed by atoms with Crippen molar-refractivity contribution < 1.29 is 13.9 Å². The number of hydrogen-bond donors (Lipinski definition) is 2. The van der Waals surface area contributed by atoms with Gasteiger partial charge in [0.1, 0.15) is 5.82 Å². The van der Waals surface area contributed by atoms with E-state index in [1.165, 1.54) is 13.2 Å². The van der Waals surface area contributed by atoms with Crippen molar-refractivity contribution in [3.63, 3.8) is 0 Å².